The summed E-state index contributed by atoms with van der Waals surface area (Å²) in [6.07, 6.45) is 31.0. The second-order valence-electron chi connectivity index (χ2n) is 14.0. The molecule has 0 aromatic carbocycles. The van der Waals surface area contributed by atoms with Gasteiger partial charge in [0.25, 0.3) is 0 Å². The fourth-order valence-electron chi connectivity index (χ4n) is 5.74. The van der Waals surface area contributed by atoms with E-state index in [9.17, 15) is 14.4 Å². The van der Waals surface area contributed by atoms with Crippen molar-refractivity contribution >= 4 is 17.9 Å². The molecule has 0 amide bonds. The van der Waals surface area contributed by atoms with Crippen LogP contribution in [0.3, 0.4) is 0 Å². The highest BCUT2D eigenvalue weighted by Gasteiger charge is 2.19. The highest BCUT2D eigenvalue weighted by atomic mass is 16.6. The smallest absolute Gasteiger partial charge is 0.306 e. The number of hydrogen-bond donors (Lipinski definition) is 0. The fraction of sp³-hybridized carbons (Fsp3) is 0.925. The Bertz CT molecular complexity index is 691. The number of carbonyl (C=O) groups excluding carboxylic acids is 3. The topological polar surface area (TPSA) is 78.9 Å². The molecule has 0 heterocycles. The fourth-order valence-corrected chi connectivity index (χ4v) is 5.74. The van der Waals surface area contributed by atoms with E-state index >= 15 is 0 Å². The Morgan fingerprint density at radius 2 is 0.717 bits per heavy atom. The molecule has 1 atom stereocenters. The molecule has 0 saturated carbocycles. The van der Waals surface area contributed by atoms with Gasteiger partial charge in [0.05, 0.1) is 0 Å². The van der Waals surface area contributed by atoms with Crippen molar-refractivity contribution in [2.24, 2.45) is 5.92 Å². The van der Waals surface area contributed by atoms with Gasteiger partial charge in [0.15, 0.2) is 6.10 Å². The zero-order valence-corrected chi connectivity index (χ0v) is 31.0. The van der Waals surface area contributed by atoms with Crippen LogP contribution in [0.1, 0.15) is 214 Å². The Balaban J connectivity index is 4.29. The van der Waals surface area contributed by atoms with E-state index in [1.54, 1.807) is 0 Å². The first-order valence-electron chi connectivity index (χ1n) is 19.9. The Kier molecular flexibility index (Phi) is 33.5. The van der Waals surface area contributed by atoms with E-state index in [1.807, 2.05) is 0 Å². The summed E-state index contributed by atoms with van der Waals surface area (Å²) in [7, 11) is 0. The maximum absolute atomic E-state index is 12.5. The molecule has 0 aliphatic rings. The van der Waals surface area contributed by atoms with Crippen LogP contribution in [0, 0.1) is 5.92 Å². The van der Waals surface area contributed by atoms with Gasteiger partial charge in [0.2, 0.25) is 0 Å². The lowest BCUT2D eigenvalue weighted by molar-refractivity contribution is -0.167. The van der Waals surface area contributed by atoms with E-state index in [2.05, 4.69) is 27.7 Å². The third kappa shape index (κ3) is 33.8. The summed E-state index contributed by atoms with van der Waals surface area (Å²) < 4.78 is 16.5. The third-order valence-electron chi connectivity index (χ3n) is 8.79. The second kappa shape index (κ2) is 34.7. The second-order valence-corrected chi connectivity index (χ2v) is 14.0. The van der Waals surface area contributed by atoms with Crippen LogP contribution in [0.5, 0.6) is 0 Å². The Labute approximate surface area is 285 Å². The lowest BCUT2D eigenvalue weighted by Gasteiger charge is -2.18. The van der Waals surface area contributed by atoms with Gasteiger partial charge in [0, 0.05) is 19.3 Å². The van der Waals surface area contributed by atoms with Crippen molar-refractivity contribution in [3.05, 3.63) is 0 Å². The van der Waals surface area contributed by atoms with Gasteiger partial charge in [-0.1, -0.05) is 175 Å². The molecule has 0 aromatic heterocycles. The molecule has 0 saturated heterocycles. The first-order chi connectivity index (χ1) is 22.4. The van der Waals surface area contributed by atoms with E-state index < -0.39 is 6.10 Å². The lowest BCUT2D eigenvalue weighted by atomic mass is 10.0. The minimum atomic E-state index is -0.756. The summed E-state index contributed by atoms with van der Waals surface area (Å²) in [4.78, 5) is 37.3. The van der Waals surface area contributed by atoms with Crippen molar-refractivity contribution in [1.82, 2.24) is 0 Å². The number of esters is 3. The summed E-state index contributed by atoms with van der Waals surface area (Å²) in [5, 5.41) is 0. The molecule has 272 valence electrons. The first kappa shape index (κ1) is 44.4. The van der Waals surface area contributed by atoms with Crippen LogP contribution in [0.2, 0.25) is 0 Å². The molecule has 0 fully saturated rings. The number of rotatable bonds is 35. The van der Waals surface area contributed by atoms with Crippen LogP contribution in [-0.2, 0) is 28.6 Å². The Morgan fingerprint density at radius 3 is 1.07 bits per heavy atom. The van der Waals surface area contributed by atoms with Gasteiger partial charge in [-0.25, -0.2) is 0 Å². The highest BCUT2D eigenvalue weighted by molar-refractivity contribution is 5.71. The van der Waals surface area contributed by atoms with Crippen LogP contribution in [0.4, 0.5) is 0 Å². The largest absolute Gasteiger partial charge is 0.462 e. The van der Waals surface area contributed by atoms with Crippen LogP contribution < -0.4 is 0 Å². The molecular formula is C40H76O6. The van der Waals surface area contributed by atoms with Crippen molar-refractivity contribution in [1.29, 1.82) is 0 Å². The molecule has 0 unspecified atom stereocenters. The molecule has 0 aliphatic heterocycles. The van der Waals surface area contributed by atoms with E-state index in [4.69, 9.17) is 14.2 Å². The number of ether oxygens (including phenoxy) is 3. The first-order valence-corrected chi connectivity index (χ1v) is 19.9. The van der Waals surface area contributed by atoms with Gasteiger partial charge in [-0.3, -0.25) is 14.4 Å². The van der Waals surface area contributed by atoms with Crippen LogP contribution >= 0.6 is 0 Å². The average Bonchev–Trinajstić information content (AvgIpc) is 3.03. The predicted molar refractivity (Wildman–Crippen MR) is 192 cm³/mol. The van der Waals surface area contributed by atoms with Crippen molar-refractivity contribution in [2.75, 3.05) is 13.2 Å². The van der Waals surface area contributed by atoms with Crippen molar-refractivity contribution < 1.29 is 28.6 Å². The van der Waals surface area contributed by atoms with Gasteiger partial charge in [0.1, 0.15) is 13.2 Å². The Hall–Kier alpha value is -1.59. The standard InChI is InChI=1S/C40H76O6/c1-5-7-9-11-13-15-20-23-27-31-38(41)44-34-37(46-40(43)33-29-25-18-12-10-8-6-2)35-45-39(42)32-28-24-21-17-14-16-19-22-26-30-36(3)4/h36-37H,5-35H2,1-4H3/t37-/m0/s1. The summed E-state index contributed by atoms with van der Waals surface area (Å²) >= 11 is 0. The SMILES string of the molecule is CCCCCCCCCCCC(=O)OC[C@@H](COC(=O)CCCCCCCCCCCC(C)C)OC(=O)CCCCCCCCC. The zero-order valence-electron chi connectivity index (χ0n) is 31.0. The van der Waals surface area contributed by atoms with Crippen molar-refractivity contribution in [2.45, 2.75) is 220 Å². The molecule has 0 N–H and O–H groups in total. The quantitative estimate of drug-likeness (QED) is 0.0385. The molecule has 6 nitrogen and oxygen atoms in total. The van der Waals surface area contributed by atoms with Gasteiger partial charge in [-0.2, -0.15) is 0 Å². The number of hydrogen-bond acceptors (Lipinski definition) is 6. The maximum Gasteiger partial charge on any atom is 0.306 e. The van der Waals surface area contributed by atoms with Gasteiger partial charge >= 0.3 is 17.9 Å². The molecule has 0 spiro atoms. The van der Waals surface area contributed by atoms with E-state index in [-0.39, 0.29) is 31.1 Å². The third-order valence-corrected chi connectivity index (χ3v) is 8.79. The molecule has 0 aromatic rings. The molecule has 0 radical (unpaired) electrons. The van der Waals surface area contributed by atoms with Crippen LogP contribution in [0.25, 0.3) is 0 Å². The van der Waals surface area contributed by atoms with Crippen molar-refractivity contribution in [3.8, 4) is 0 Å². The molecule has 0 aliphatic carbocycles. The minimum absolute atomic E-state index is 0.0657. The summed E-state index contributed by atoms with van der Waals surface area (Å²) in [5.41, 5.74) is 0. The minimum Gasteiger partial charge on any atom is -0.462 e. The van der Waals surface area contributed by atoms with Crippen molar-refractivity contribution in [3.63, 3.8) is 0 Å². The summed E-state index contributed by atoms with van der Waals surface area (Å²) in [6, 6.07) is 0. The monoisotopic (exact) mass is 653 g/mol. The molecule has 46 heavy (non-hydrogen) atoms. The van der Waals surface area contributed by atoms with Gasteiger partial charge in [-0.05, 0) is 25.2 Å². The maximum atomic E-state index is 12.5. The van der Waals surface area contributed by atoms with Crippen LogP contribution in [0.15, 0.2) is 0 Å². The van der Waals surface area contributed by atoms with Gasteiger partial charge < -0.3 is 14.2 Å². The molecule has 0 rings (SSSR count). The number of unbranched alkanes of at least 4 members (excludes halogenated alkanes) is 22. The highest BCUT2D eigenvalue weighted by Crippen LogP contribution is 2.15. The van der Waals surface area contributed by atoms with E-state index in [0.717, 1.165) is 63.7 Å². The Morgan fingerprint density at radius 1 is 0.413 bits per heavy atom. The zero-order chi connectivity index (χ0) is 33.9. The van der Waals surface area contributed by atoms with E-state index in [0.29, 0.717) is 19.3 Å². The van der Waals surface area contributed by atoms with Gasteiger partial charge in [-0.15, -0.1) is 0 Å². The average molecular weight is 653 g/mol. The molecule has 0 bridgehead atoms. The summed E-state index contributed by atoms with van der Waals surface area (Å²) in [6.45, 7) is 8.89. The van der Waals surface area contributed by atoms with E-state index in [1.165, 1.54) is 109 Å². The number of carbonyl (C=O) groups is 3. The van der Waals surface area contributed by atoms with Crippen LogP contribution in [-0.4, -0.2) is 37.2 Å². The molecule has 6 heteroatoms. The normalized spacial score (nSPS) is 11.9. The predicted octanol–water partition coefficient (Wildman–Crippen LogP) is 12.0. The summed E-state index contributed by atoms with van der Waals surface area (Å²) in [5.74, 6) is -0.0640. The lowest BCUT2D eigenvalue weighted by Crippen LogP contribution is -2.30. The molecular weight excluding hydrogens is 576 g/mol.